The fraction of sp³-hybridized carbons (Fsp3) is 0.286. The highest BCUT2D eigenvalue weighted by atomic mass is 35.5. The van der Waals surface area contributed by atoms with Gasteiger partial charge in [-0.2, -0.15) is 0 Å². The third-order valence-corrected chi connectivity index (χ3v) is 4.55. The number of hydrogen-bond donors (Lipinski definition) is 1. The third kappa shape index (κ3) is 3.02. The van der Waals surface area contributed by atoms with E-state index in [0.717, 1.165) is 20.8 Å². The second-order valence-electron chi connectivity index (χ2n) is 4.78. The molecule has 5 nitrogen and oxygen atoms in total. The molecule has 110 valence electrons. The third-order valence-electron chi connectivity index (χ3n) is 3.26. The van der Waals surface area contributed by atoms with E-state index in [2.05, 4.69) is 22.4 Å². The molecule has 3 aromatic rings. The SMILES string of the molecule is CC(NC(c1ccco1)c1ccc(Cl)s1)c1nncn1C. The largest absolute Gasteiger partial charge is 0.467 e. The summed E-state index contributed by atoms with van der Waals surface area (Å²) in [5.74, 6) is 1.72. The molecule has 0 aromatic carbocycles. The number of aryl methyl sites for hydroxylation is 1. The van der Waals surface area contributed by atoms with Gasteiger partial charge >= 0.3 is 0 Å². The Morgan fingerprint density at radius 2 is 2.24 bits per heavy atom. The van der Waals surface area contributed by atoms with Crippen molar-refractivity contribution in [3.05, 3.63) is 57.7 Å². The molecule has 0 aliphatic heterocycles. The van der Waals surface area contributed by atoms with Gasteiger partial charge in [0.15, 0.2) is 0 Å². The summed E-state index contributed by atoms with van der Waals surface area (Å²) >= 11 is 7.60. The molecular weight excluding hydrogens is 308 g/mol. The first-order chi connectivity index (χ1) is 10.1. The molecule has 0 saturated carbocycles. The fourth-order valence-corrected chi connectivity index (χ4v) is 3.38. The standard InChI is InChI=1S/C14H15ClN4OS/c1-9(14-18-16-8-19(14)2)17-13(10-4-3-7-20-10)11-5-6-12(15)21-11/h3-9,13,17H,1-2H3. The van der Waals surface area contributed by atoms with Crippen molar-refractivity contribution in [3.8, 4) is 0 Å². The first kappa shape index (κ1) is 14.3. The lowest BCUT2D eigenvalue weighted by molar-refractivity contribution is 0.411. The second kappa shape index (κ2) is 6.01. The summed E-state index contributed by atoms with van der Waals surface area (Å²) in [5, 5.41) is 11.6. The average Bonchev–Trinajstić information content (AvgIpc) is 3.17. The van der Waals surface area contributed by atoms with Crippen LogP contribution in [0.1, 0.15) is 35.5 Å². The molecule has 1 N–H and O–H groups in total. The first-order valence-corrected chi connectivity index (χ1v) is 7.73. The molecule has 0 aliphatic carbocycles. The van der Waals surface area contributed by atoms with Crippen molar-refractivity contribution in [3.63, 3.8) is 0 Å². The Morgan fingerprint density at radius 1 is 1.38 bits per heavy atom. The van der Waals surface area contributed by atoms with Crippen molar-refractivity contribution in [1.29, 1.82) is 0 Å². The van der Waals surface area contributed by atoms with E-state index in [9.17, 15) is 0 Å². The van der Waals surface area contributed by atoms with Crippen LogP contribution in [0.2, 0.25) is 4.34 Å². The van der Waals surface area contributed by atoms with E-state index in [1.54, 1.807) is 12.6 Å². The van der Waals surface area contributed by atoms with E-state index in [1.165, 1.54) is 11.3 Å². The lowest BCUT2D eigenvalue weighted by Gasteiger charge is -2.20. The zero-order valence-electron chi connectivity index (χ0n) is 11.7. The molecule has 0 spiro atoms. The minimum Gasteiger partial charge on any atom is -0.467 e. The summed E-state index contributed by atoms with van der Waals surface area (Å²) in [6.45, 7) is 2.05. The number of hydrogen-bond acceptors (Lipinski definition) is 5. The van der Waals surface area contributed by atoms with Gasteiger partial charge in [-0.1, -0.05) is 11.6 Å². The van der Waals surface area contributed by atoms with Crippen LogP contribution in [0.4, 0.5) is 0 Å². The minimum absolute atomic E-state index is 0.0217. The van der Waals surface area contributed by atoms with Crippen LogP contribution in [-0.2, 0) is 7.05 Å². The summed E-state index contributed by atoms with van der Waals surface area (Å²) in [6, 6.07) is 7.70. The number of furan rings is 1. The zero-order valence-corrected chi connectivity index (χ0v) is 13.2. The van der Waals surface area contributed by atoms with E-state index in [0.29, 0.717) is 0 Å². The molecule has 2 unspecified atom stereocenters. The van der Waals surface area contributed by atoms with Gasteiger partial charge in [0, 0.05) is 11.9 Å². The maximum absolute atomic E-state index is 6.06. The zero-order chi connectivity index (χ0) is 14.8. The van der Waals surface area contributed by atoms with E-state index in [1.807, 2.05) is 35.9 Å². The molecule has 7 heteroatoms. The van der Waals surface area contributed by atoms with Crippen LogP contribution in [0.15, 0.2) is 41.3 Å². The number of thiophene rings is 1. The molecule has 3 rings (SSSR count). The summed E-state index contributed by atoms with van der Waals surface area (Å²) < 4.78 is 8.23. The Kier molecular flexibility index (Phi) is 4.10. The Balaban J connectivity index is 1.88. The lowest BCUT2D eigenvalue weighted by Crippen LogP contribution is -2.26. The predicted octanol–water partition coefficient (Wildman–Crippen LogP) is 3.56. The molecule has 3 heterocycles. The summed E-state index contributed by atoms with van der Waals surface area (Å²) in [5.41, 5.74) is 0. The monoisotopic (exact) mass is 322 g/mol. The Bertz CT molecular complexity index is 706. The van der Waals surface area contributed by atoms with Gasteiger partial charge in [-0.05, 0) is 31.2 Å². The summed E-state index contributed by atoms with van der Waals surface area (Å²) in [7, 11) is 1.93. The molecule has 0 radical (unpaired) electrons. The van der Waals surface area contributed by atoms with Gasteiger partial charge in [-0.25, -0.2) is 0 Å². The van der Waals surface area contributed by atoms with Crippen molar-refractivity contribution in [2.75, 3.05) is 0 Å². The van der Waals surface area contributed by atoms with E-state index >= 15 is 0 Å². The van der Waals surface area contributed by atoms with Crippen LogP contribution in [0.25, 0.3) is 0 Å². The van der Waals surface area contributed by atoms with Crippen molar-refractivity contribution in [2.24, 2.45) is 7.05 Å². The Hall–Kier alpha value is -1.63. The molecule has 0 aliphatic rings. The van der Waals surface area contributed by atoms with Crippen LogP contribution in [-0.4, -0.2) is 14.8 Å². The highest BCUT2D eigenvalue weighted by molar-refractivity contribution is 7.16. The van der Waals surface area contributed by atoms with Crippen LogP contribution in [0.5, 0.6) is 0 Å². The molecule has 2 atom stereocenters. The van der Waals surface area contributed by atoms with Gasteiger partial charge in [0.05, 0.1) is 16.6 Å². The smallest absolute Gasteiger partial charge is 0.149 e. The summed E-state index contributed by atoms with van der Waals surface area (Å²) in [4.78, 5) is 1.10. The predicted molar refractivity (Wildman–Crippen MR) is 82.4 cm³/mol. The van der Waals surface area contributed by atoms with Crippen LogP contribution in [0, 0.1) is 0 Å². The number of halogens is 1. The molecule has 0 fully saturated rings. The topological polar surface area (TPSA) is 55.9 Å². The molecule has 0 saturated heterocycles. The molecular formula is C14H15ClN4OS. The van der Waals surface area contributed by atoms with Gasteiger partial charge in [0.2, 0.25) is 0 Å². The summed E-state index contributed by atoms with van der Waals surface area (Å²) in [6.07, 6.45) is 3.36. The highest BCUT2D eigenvalue weighted by Gasteiger charge is 2.23. The van der Waals surface area contributed by atoms with Crippen LogP contribution < -0.4 is 5.32 Å². The fourth-order valence-electron chi connectivity index (χ4n) is 2.25. The van der Waals surface area contributed by atoms with Crippen LogP contribution >= 0.6 is 22.9 Å². The molecule has 21 heavy (non-hydrogen) atoms. The van der Waals surface area contributed by atoms with Gasteiger partial charge in [-0.15, -0.1) is 21.5 Å². The van der Waals surface area contributed by atoms with Gasteiger partial charge in [0.25, 0.3) is 0 Å². The van der Waals surface area contributed by atoms with Gasteiger partial charge < -0.3 is 8.98 Å². The normalized spacial score (nSPS) is 14.2. The first-order valence-electron chi connectivity index (χ1n) is 6.53. The molecule has 3 aromatic heterocycles. The van der Waals surface area contributed by atoms with Crippen molar-refractivity contribution in [1.82, 2.24) is 20.1 Å². The number of nitrogens with zero attached hydrogens (tertiary/aromatic N) is 3. The van der Waals surface area contributed by atoms with E-state index in [4.69, 9.17) is 16.0 Å². The number of nitrogens with one attached hydrogen (secondary N) is 1. The highest BCUT2D eigenvalue weighted by Crippen LogP contribution is 2.32. The number of rotatable bonds is 5. The van der Waals surface area contributed by atoms with E-state index < -0.39 is 0 Å². The van der Waals surface area contributed by atoms with Gasteiger partial charge in [-0.3, -0.25) is 5.32 Å². The van der Waals surface area contributed by atoms with Crippen molar-refractivity contribution < 1.29 is 4.42 Å². The Morgan fingerprint density at radius 3 is 2.81 bits per heavy atom. The molecule has 0 amide bonds. The number of aromatic nitrogens is 3. The maximum Gasteiger partial charge on any atom is 0.149 e. The average molecular weight is 323 g/mol. The maximum atomic E-state index is 6.06. The lowest BCUT2D eigenvalue weighted by atomic mass is 10.1. The van der Waals surface area contributed by atoms with Gasteiger partial charge in [0.1, 0.15) is 24.0 Å². The Labute approximate surface area is 131 Å². The van der Waals surface area contributed by atoms with Crippen molar-refractivity contribution >= 4 is 22.9 Å². The molecule has 0 bridgehead atoms. The second-order valence-corrected chi connectivity index (χ2v) is 6.53. The quantitative estimate of drug-likeness (QED) is 0.780. The minimum atomic E-state index is -0.0656. The van der Waals surface area contributed by atoms with E-state index in [-0.39, 0.29) is 12.1 Å². The van der Waals surface area contributed by atoms with Crippen LogP contribution in [0.3, 0.4) is 0 Å². The van der Waals surface area contributed by atoms with Crippen molar-refractivity contribution in [2.45, 2.75) is 19.0 Å².